The van der Waals surface area contributed by atoms with Crippen molar-refractivity contribution in [1.82, 2.24) is 4.90 Å². The number of carbonyl (C=O) groups excluding carboxylic acids is 1. The largest absolute Gasteiger partial charge is 0.443 e. The lowest BCUT2D eigenvalue weighted by molar-refractivity contribution is -0.138. The van der Waals surface area contributed by atoms with E-state index in [2.05, 4.69) is 27.7 Å². The molecule has 0 aromatic heterocycles. The van der Waals surface area contributed by atoms with Gasteiger partial charge in [-0.15, -0.1) is 0 Å². The fourth-order valence-electron chi connectivity index (χ4n) is 11.4. The number of carbonyl (C=O) groups is 1. The van der Waals surface area contributed by atoms with Crippen molar-refractivity contribution in [2.24, 2.45) is 45.8 Å². The topological polar surface area (TPSA) is 59.0 Å². The van der Waals surface area contributed by atoms with E-state index in [4.69, 9.17) is 22.1 Å². The highest BCUT2D eigenvalue weighted by Gasteiger charge is 2.80. The van der Waals surface area contributed by atoms with Gasteiger partial charge in [-0.1, -0.05) is 27.7 Å². The number of hydrogen-bond donors (Lipinski definition) is 2. The number of amides is 1. The quantitative estimate of drug-likeness (QED) is 0.433. The lowest BCUT2D eigenvalue weighted by Gasteiger charge is -2.59. The van der Waals surface area contributed by atoms with Crippen molar-refractivity contribution in [3.05, 3.63) is 0 Å². The normalized spacial score (nSPS) is 52.1. The Balaban J connectivity index is 1.10. The van der Waals surface area contributed by atoms with Gasteiger partial charge in [-0.3, -0.25) is 0 Å². The Morgan fingerprint density at radius 3 is 2.46 bits per heavy atom. The molecule has 7 fully saturated rings. The number of thiol groups is 1. The number of aliphatic hydroxyl groups excluding tert-OH is 1. The second-order valence-electron chi connectivity index (χ2n) is 15.3. The maximum Gasteiger partial charge on any atom is 0.410 e. The van der Waals surface area contributed by atoms with Crippen molar-refractivity contribution >= 4 is 18.7 Å². The zero-order chi connectivity index (χ0) is 26.0. The number of nitrogens with zero attached hydrogens (tertiary/aromatic N) is 1. The summed E-state index contributed by atoms with van der Waals surface area (Å²) in [6.45, 7) is 10.7. The van der Waals surface area contributed by atoms with Crippen LogP contribution in [-0.2, 0) is 9.47 Å². The van der Waals surface area contributed by atoms with E-state index in [1.807, 2.05) is 4.90 Å². The fourth-order valence-corrected chi connectivity index (χ4v) is 12.1. The highest BCUT2D eigenvalue weighted by molar-refractivity contribution is 7.81. The van der Waals surface area contributed by atoms with Crippen LogP contribution in [-0.4, -0.2) is 58.4 Å². The molecule has 2 aliphatic heterocycles. The Kier molecular flexibility index (Phi) is 5.71. The van der Waals surface area contributed by atoms with E-state index in [0.29, 0.717) is 28.6 Å². The fraction of sp³-hybridized carbons (Fsp3) is 0.968. The standard InChI is InChI=1S/C31H49NO4S/c1-18(2)26(36-27(34)32-14-5-15-32)22-8-6-20-23(35-22)16-21-19-7-9-24-28(3,4)25(33)10-11-30(24)17-29(19,30)12-13-31(20,21)37/h18-26,33,37H,5-17H2,1-4H3/t19?,20?,21?,22?,23?,24?,25-,26+,29-,30+,31-/m0/s1. The third-order valence-corrected chi connectivity index (χ3v) is 14.3. The van der Waals surface area contributed by atoms with Crippen molar-refractivity contribution in [1.29, 1.82) is 0 Å². The number of hydrogen-bond acceptors (Lipinski definition) is 5. The molecule has 208 valence electrons. The van der Waals surface area contributed by atoms with E-state index in [9.17, 15) is 9.90 Å². The first kappa shape index (κ1) is 25.5. The van der Waals surface area contributed by atoms with Crippen LogP contribution in [0.1, 0.15) is 98.3 Å². The van der Waals surface area contributed by atoms with Gasteiger partial charge in [0.15, 0.2) is 0 Å². The van der Waals surface area contributed by atoms with Gasteiger partial charge in [0.1, 0.15) is 6.10 Å². The molecule has 0 aromatic carbocycles. The average Bonchev–Trinajstić information content (AvgIpc) is 3.39. The highest BCUT2D eigenvalue weighted by Crippen LogP contribution is 2.86. The van der Waals surface area contributed by atoms with Crippen LogP contribution in [0.25, 0.3) is 0 Å². The van der Waals surface area contributed by atoms with Gasteiger partial charge < -0.3 is 19.5 Å². The molecule has 0 bridgehead atoms. The van der Waals surface area contributed by atoms with Gasteiger partial charge in [-0.05, 0) is 116 Å². The highest BCUT2D eigenvalue weighted by atomic mass is 32.1. The van der Waals surface area contributed by atoms with Gasteiger partial charge in [0.25, 0.3) is 0 Å². The molecule has 5 aliphatic carbocycles. The van der Waals surface area contributed by atoms with Crippen LogP contribution in [0.5, 0.6) is 0 Å². The maximum atomic E-state index is 12.7. The maximum absolute atomic E-state index is 12.7. The Bertz CT molecular complexity index is 951. The predicted octanol–water partition coefficient (Wildman–Crippen LogP) is 6.08. The van der Waals surface area contributed by atoms with E-state index in [-0.39, 0.29) is 46.6 Å². The summed E-state index contributed by atoms with van der Waals surface area (Å²) < 4.78 is 13.1. The van der Waals surface area contributed by atoms with Gasteiger partial charge in [0.05, 0.1) is 18.3 Å². The molecule has 7 aliphatic rings. The summed E-state index contributed by atoms with van der Waals surface area (Å²) in [4.78, 5) is 14.5. The molecule has 37 heavy (non-hydrogen) atoms. The average molecular weight is 532 g/mol. The summed E-state index contributed by atoms with van der Waals surface area (Å²) in [5.74, 6) is 2.83. The molecular weight excluding hydrogens is 482 g/mol. The molecule has 0 radical (unpaired) electrons. The summed E-state index contributed by atoms with van der Waals surface area (Å²) >= 11 is 5.58. The van der Waals surface area contributed by atoms with Crippen LogP contribution in [0.4, 0.5) is 4.79 Å². The van der Waals surface area contributed by atoms with Crippen LogP contribution < -0.4 is 0 Å². The summed E-state index contributed by atoms with van der Waals surface area (Å²) in [6, 6.07) is 0. The molecule has 11 atom stereocenters. The molecule has 2 saturated heterocycles. The van der Waals surface area contributed by atoms with Crippen LogP contribution in [0.3, 0.4) is 0 Å². The first-order valence-corrected chi connectivity index (χ1v) is 16.0. The molecule has 5 nitrogen and oxygen atoms in total. The van der Waals surface area contributed by atoms with E-state index in [1.165, 1.54) is 38.5 Å². The molecule has 0 aromatic rings. The minimum absolute atomic E-state index is 0.00107. The summed E-state index contributed by atoms with van der Waals surface area (Å²) in [5, 5.41) is 10.9. The van der Waals surface area contributed by atoms with Gasteiger partial charge in [-0.2, -0.15) is 12.6 Å². The molecule has 6 heteroatoms. The Morgan fingerprint density at radius 2 is 1.76 bits per heavy atom. The SMILES string of the molecule is CC(C)[C@@H](OC(=O)N1CCC1)C1CCC2C(CC3C4CCC5C(C)(C)[C@@H](O)CC[C@@]56C[C@@]46CC[C@]23S)O1. The summed E-state index contributed by atoms with van der Waals surface area (Å²) in [6.07, 6.45) is 12.9. The number of fused-ring (bicyclic) bond motifs is 4. The lowest BCUT2D eigenvalue weighted by atomic mass is 9.48. The van der Waals surface area contributed by atoms with Crippen molar-refractivity contribution in [3.8, 4) is 0 Å². The van der Waals surface area contributed by atoms with Gasteiger partial charge in [-0.25, -0.2) is 4.79 Å². The minimum atomic E-state index is -0.170. The van der Waals surface area contributed by atoms with Crippen molar-refractivity contribution < 1.29 is 19.4 Å². The predicted molar refractivity (Wildman–Crippen MR) is 146 cm³/mol. The number of ether oxygens (including phenoxy) is 2. The summed E-state index contributed by atoms with van der Waals surface area (Å²) in [7, 11) is 0. The second-order valence-corrected chi connectivity index (χ2v) is 16.1. The van der Waals surface area contributed by atoms with Gasteiger partial charge in [0.2, 0.25) is 0 Å². The first-order chi connectivity index (χ1) is 17.5. The zero-order valence-corrected chi connectivity index (χ0v) is 24.3. The molecule has 7 rings (SSSR count). The van der Waals surface area contributed by atoms with Crippen LogP contribution in [0.15, 0.2) is 0 Å². The Morgan fingerprint density at radius 1 is 1.00 bits per heavy atom. The number of likely N-dealkylation sites (tertiary alicyclic amines) is 1. The molecular formula is C31H49NO4S. The third kappa shape index (κ3) is 3.33. The molecule has 6 unspecified atom stereocenters. The van der Waals surface area contributed by atoms with Gasteiger partial charge >= 0.3 is 6.09 Å². The molecule has 2 spiro atoms. The van der Waals surface area contributed by atoms with Gasteiger partial charge in [0, 0.05) is 17.8 Å². The van der Waals surface area contributed by atoms with Crippen molar-refractivity contribution in [2.75, 3.05) is 13.1 Å². The molecule has 1 N–H and O–H groups in total. The number of rotatable bonds is 3. The third-order valence-electron chi connectivity index (χ3n) is 13.4. The summed E-state index contributed by atoms with van der Waals surface area (Å²) in [5.41, 5.74) is 1.00. The van der Waals surface area contributed by atoms with Crippen LogP contribution in [0, 0.1) is 45.8 Å². The molecule has 5 saturated carbocycles. The number of aliphatic hydroxyl groups is 1. The van der Waals surface area contributed by atoms with E-state index >= 15 is 0 Å². The smallest absolute Gasteiger partial charge is 0.410 e. The van der Waals surface area contributed by atoms with E-state index in [0.717, 1.165) is 51.1 Å². The van der Waals surface area contributed by atoms with E-state index in [1.54, 1.807) is 0 Å². The van der Waals surface area contributed by atoms with Crippen LogP contribution >= 0.6 is 12.6 Å². The lowest BCUT2D eigenvalue weighted by Crippen LogP contribution is -2.55. The van der Waals surface area contributed by atoms with Crippen LogP contribution in [0.2, 0.25) is 0 Å². The van der Waals surface area contributed by atoms with Crippen molar-refractivity contribution in [3.63, 3.8) is 0 Å². The van der Waals surface area contributed by atoms with E-state index < -0.39 is 0 Å². The molecule has 2 heterocycles. The molecule has 1 amide bonds. The Labute approximate surface area is 229 Å². The first-order valence-electron chi connectivity index (χ1n) is 15.5. The minimum Gasteiger partial charge on any atom is -0.443 e. The second kappa shape index (κ2) is 8.28. The zero-order valence-electron chi connectivity index (χ0n) is 23.5. The monoisotopic (exact) mass is 531 g/mol. The Hall–Kier alpha value is -0.460. The van der Waals surface area contributed by atoms with Crippen molar-refractivity contribution in [2.45, 2.75) is 127 Å².